The molecular weight excluding hydrogens is 328 g/mol. The number of likely N-dealkylation sites (tertiary alicyclic amines) is 1. The Bertz CT molecular complexity index is 709. The number of hydrogen-bond acceptors (Lipinski definition) is 6. The van der Waals surface area contributed by atoms with Gasteiger partial charge in [0.05, 0.1) is 43.5 Å². The molecule has 1 fully saturated rings. The molecule has 0 atom stereocenters. The highest BCUT2D eigenvalue weighted by Gasteiger charge is 2.25. The lowest BCUT2D eigenvalue weighted by atomic mass is 9.97. The summed E-state index contributed by atoms with van der Waals surface area (Å²) in [5, 5.41) is 11.7. The van der Waals surface area contributed by atoms with Gasteiger partial charge >= 0.3 is 5.97 Å². The number of rotatable bonds is 5. The second-order valence-electron chi connectivity index (χ2n) is 6.41. The maximum Gasteiger partial charge on any atom is 0.306 e. The van der Waals surface area contributed by atoms with Crippen LogP contribution in [0.25, 0.3) is 0 Å². The maximum absolute atomic E-state index is 12.1. The molecule has 1 aromatic heterocycles. The molecule has 0 bridgehead atoms. The number of hydrogen-bond donors (Lipinski definition) is 3. The number of ether oxygens (including phenoxy) is 1. The fourth-order valence-electron chi connectivity index (χ4n) is 3.16. The Morgan fingerprint density at radius 1 is 1.36 bits per heavy atom. The molecule has 9 nitrogen and oxygen atoms in total. The normalized spacial score (nSPS) is 18.6. The standard InChI is InChI=1S/C16H22N4O5/c21-14(8-20-4-1-10(2-5-20)16(23)24)17-7-13-18-12-3-6-25-9-11(12)15(22)19-13/h10H,1-9H2,(H,17,21)(H,23,24)(H,18,19,22). The molecule has 0 radical (unpaired) electrons. The summed E-state index contributed by atoms with van der Waals surface area (Å²) in [5.41, 5.74) is 1.07. The van der Waals surface area contributed by atoms with Gasteiger partial charge in [-0.05, 0) is 25.9 Å². The second-order valence-corrected chi connectivity index (χ2v) is 6.41. The summed E-state index contributed by atoms with van der Waals surface area (Å²) >= 11 is 0. The van der Waals surface area contributed by atoms with Crippen LogP contribution >= 0.6 is 0 Å². The van der Waals surface area contributed by atoms with E-state index in [9.17, 15) is 14.4 Å². The molecule has 3 N–H and O–H groups in total. The predicted octanol–water partition coefficient (Wildman–Crippen LogP) is -0.745. The third-order valence-corrected chi connectivity index (χ3v) is 4.64. The van der Waals surface area contributed by atoms with Gasteiger partial charge in [-0.1, -0.05) is 0 Å². The number of carboxylic acids is 1. The zero-order chi connectivity index (χ0) is 17.8. The van der Waals surface area contributed by atoms with Gasteiger partial charge in [0.2, 0.25) is 5.91 Å². The zero-order valence-corrected chi connectivity index (χ0v) is 13.9. The van der Waals surface area contributed by atoms with Crippen LogP contribution in [0.4, 0.5) is 0 Å². The van der Waals surface area contributed by atoms with Crippen molar-refractivity contribution in [3.8, 4) is 0 Å². The molecule has 0 unspecified atom stereocenters. The van der Waals surface area contributed by atoms with Crippen LogP contribution in [-0.2, 0) is 33.9 Å². The van der Waals surface area contributed by atoms with E-state index in [2.05, 4.69) is 15.3 Å². The molecule has 1 aromatic rings. The topological polar surface area (TPSA) is 125 Å². The highest BCUT2D eigenvalue weighted by Crippen LogP contribution is 2.16. The van der Waals surface area contributed by atoms with Crippen molar-refractivity contribution < 1.29 is 19.4 Å². The van der Waals surface area contributed by atoms with Crippen LogP contribution in [0.5, 0.6) is 0 Å². The number of carboxylic acid groups (broad SMARTS) is 1. The number of aromatic amines is 1. The largest absolute Gasteiger partial charge is 0.481 e. The van der Waals surface area contributed by atoms with Crippen molar-refractivity contribution in [3.05, 3.63) is 27.4 Å². The van der Waals surface area contributed by atoms with Crippen LogP contribution in [0.2, 0.25) is 0 Å². The monoisotopic (exact) mass is 350 g/mol. The Hall–Kier alpha value is -2.26. The van der Waals surface area contributed by atoms with E-state index in [0.717, 1.165) is 5.69 Å². The number of aromatic nitrogens is 2. The van der Waals surface area contributed by atoms with E-state index < -0.39 is 5.97 Å². The molecule has 25 heavy (non-hydrogen) atoms. The lowest BCUT2D eigenvalue weighted by Crippen LogP contribution is -2.42. The Balaban J connectivity index is 1.49. The van der Waals surface area contributed by atoms with E-state index in [1.54, 1.807) is 0 Å². The summed E-state index contributed by atoms with van der Waals surface area (Å²) in [5.74, 6) is -0.814. The number of nitrogens with zero attached hydrogens (tertiary/aromatic N) is 2. The molecule has 0 spiro atoms. The average Bonchev–Trinajstić information content (AvgIpc) is 2.60. The first-order valence-corrected chi connectivity index (χ1v) is 8.43. The van der Waals surface area contributed by atoms with Crippen molar-refractivity contribution in [2.45, 2.75) is 32.4 Å². The number of piperidine rings is 1. The van der Waals surface area contributed by atoms with Crippen LogP contribution in [0, 0.1) is 5.92 Å². The molecule has 2 aliphatic heterocycles. The molecule has 1 amide bonds. The summed E-state index contributed by atoms with van der Waals surface area (Å²) in [6.07, 6.45) is 1.72. The van der Waals surface area contributed by atoms with Crippen molar-refractivity contribution >= 4 is 11.9 Å². The van der Waals surface area contributed by atoms with Crippen LogP contribution in [0.1, 0.15) is 29.9 Å². The van der Waals surface area contributed by atoms with Crippen molar-refractivity contribution in [3.63, 3.8) is 0 Å². The molecule has 3 rings (SSSR count). The van der Waals surface area contributed by atoms with Crippen molar-refractivity contribution in [1.82, 2.24) is 20.2 Å². The Morgan fingerprint density at radius 2 is 2.12 bits per heavy atom. The summed E-state index contributed by atoms with van der Waals surface area (Å²) in [4.78, 5) is 44.0. The van der Waals surface area contributed by atoms with Gasteiger partial charge in [-0.3, -0.25) is 19.3 Å². The van der Waals surface area contributed by atoms with E-state index in [-0.39, 0.29) is 37.1 Å². The van der Waals surface area contributed by atoms with Crippen molar-refractivity contribution in [2.24, 2.45) is 5.92 Å². The van der Waals surface area contributed by atoms with Gasteiger partial charge in [0.1, 0.15) is 5.82 Å². The zero-order valence-electron chi connectivity index (χ0n) is 13.9. The first-order chi connectivity index (χ1) is 12.0. The second kappa shape index (κ2) is 7.75. The lowest BCUT2D eigenvalue weighted by Gasteiger charge is -2.29. The number of H-pyrrole nitrogens is 1. The van der Waals surface area contributed by atoms with E-state index in [1.807, 2.05) is 4.90 Å². The fourth-order valence-corrected chi connectivity index (χ4v) is 3.16. The summed E-state index contributed by atoms with van der Waals surface area (Å²) in [6, 6.07) is 0. The third-order valence-electron chi connectivity index (χ3n) is 4.64. The van der Waals surface area contributed by atoms with Gasteiger partial charge < -0.3 is 20.1 Å². The molecule has 1 saturated heterocycles. The fraction of sp³-hybridized carbons (Fsp3) is 0.625. The quantitative estimate of drug-likeness (QED) is 0.638. The van der Waals surface area contributed by atoms with Crippen LogP contribution in [0.3, 0.4) is 0 Å². The van der Waals surface area contributed by atoms with Gasteiger partial charge in [-0.25, -0.2) is 4.98 Å². The number of amides is 1. The summed E-state index contributed by atoms with van der Waals surface area (Å²) in [6.45, 7) is 2.39. The summed E-state index contributed by atoms with van der Waals surface area (Å²) < 4.78 is 5.25. The number of fused-ring (bicyclic) bond motifs is 1. The highest BCUT2D eigenvalue weighted by molar-refractivity contribution is 5.78. The number of nitrogens with one attached hydrogen (secondary N) is 2. The molecule has 136 valence electrons. The number of carbonyl (C=O) groups excluding carboxylic acids is 1. The Labute approximate surface area is 144 Å². The minimum atomic E-state index is -0.767. The van der Waals surface area contributed by atoms with Gasteiger partial charge in [0.25, 0.3) is 5.56 Å². The summed E-state index contributed by atoms with van der Waals surface area (Å²) in [7, 11) is 0. The number of carbonyl (C=O) groups is 2. The molecular formula is C16H22N4O5. The first kappa shape index (κ1) is 17.6. The van der Waals surface area contributed by atoms with Crippen molar-refractivity contribution in [1.29, 1.82) is 0 Å². The van der Waals surface area contributed by atoms with Gasteiger partial charge in [0.15, 0.2) is 0 Å². The van der Waals surface area contributed by atoms with E-state index >= 15 is 0 Å². The van der Waals surface area contributed by atoms with Crippen molar-refractivity contribution in [2.75, 3.05) is 26.2 Å². The van der Waals surface area contributed by atoms with Crippen LogP contribution in [-0.4, -0.2) is 58.1 Å². The minimum Gasteiger partial charge on any atom is -0.481 e. The average molecular weight is 350 g/mol. The smallest absolute Gasteiger partial charge is 0.306 e. The Morgan fingerprint density at radius 3 is 2.84 bits per heavy atom. The minimum absolute atomic E-state index is 0.161. The van der Waals surface area contributed by atoms with Gasteiger partial charge in [0, 0.05) is 6.42 Å². The Kier molecular flexibility index (Phi) is 5.44. The van der Waals surface area contributed by atoms with E-state index in [1.165, 1.54) is 0 Å². The predicted molar refractivity (Wildman–Crippen MR) is 86.9 cm³/mol. The molecule has 0 saturated carbocycles. The lowest BCUT2D eigenvalue weighted by molar-refractivity contribution is -0.143. The van der Waals surface area contributed by atoms with Crippen LogP contribution in [0.15, 0.2) is 4.79 Å². The molecule has 2 aliphatic rings. The highest BCUT2D eigenvalue weighted by atomic mass is 16.5. The van der Waals surface area contributed by atoms with Gasteiger partial charge in [-0.15, -0.1) is 0 Å². The first-order valence-electron chi connectivity index (χ1n) is 8.43. The van der Waals surface area contributed by atoms with E-state index in [4.69, 9.17) is 9.84 Å². The van der Waals surface area contributed by atoms with Gasteiger partial charge in [-0.2, -0.15) is 0 Å². The molecule has 3 heterocycles. The molecule has 0 aromatic carbocycles. The van der Waals surface area contributed by atoms with Crippen LogP contribution < -0.4 is 10.9 Å². The third kappa shape index (κ3) is 4.43. The SMILES string of the molecule is O=C(CN1CCC(C(=O)O)CC1)NCc1nc2c(c(=O)[nH]1)COCC2. The molecule has 0 aliphatic carbocycles. The van der Waals surface area contributed by atoms with E-state index in [0.29, 0.717) is 50.3 Å². The molecule has 9 heteroatoms. The maximum atomic E-state index is 12.1. The number of aliphatic carboxylic acids is 1.